The molecule has 2 amide bonds. The highest BCUT2D eigenvalue weighted by Crippen LogP contribution is 2.34. The van der Waals surface area contributed by atoms with Gasteiger partial charge in [-0.1, -0.05) is 72.8 Å². The van der Waals surface area contributed by atoms with Gasteiger partial charge in [-0.15, -0.1) is 0 Å². The summed E-state index contributed by atoms with van der Waals surface area (Å²) in [5, 5.41) is 5.80. The van der Waals surface area contributed by atoms with Crippen LogP contribution < -0.4 is 15.5 Å². The summed E-state index contributed by atoms with van der Waals surface area (Å²) in [6.45, 7) is 0. The van der Waals surface area contributed by atoms with Gasteiger partial charge in [-0.2, -0.15) is 0 Å². The van der Waals surface area contributed by atoms with E-state index < -0.39 is 6.04 Å². The second-order valence-corrected chi connectivity index (χ2v) is 7.37. The Morgan fingerprint density at radius 3 is 2.03 bits per heavy atom. The maximum absolute atomic E-state index is 13.6. The molecule has 5 heteroatoms. The molecule has 30 heavy (non-hydrogen) atoms. The van der Waals surface area contributed by atoms with E-state index in [1.165, 1.54) is 0 Å². The van der Waals surface area contributed by atoms with Crippen LogP contribution in [-0.4, -0.2) is 25.9 Å². The maximum Gasteiger partial charge on any atom is 0.320 e. The van der Waals surface area contributed by atoms with Crippen molar-refractivity contribution in [2.45, 2.75) is 6.04 Å². The second kappa shape index (κ2) is 8.25. The minimum Gasteiger partial charge on any atom is -0.378 e. The van der Waals surface area contributed by atoms with Crippen LogP contribution in [0.4, 0.5) is 10.5 Å². The number of carbonyl (C=O) groups is 2. The predicted molar refractivity (Wildman–Crippen MR) is 119 cm³/mol. The molecule has 2 N–H and O–H groups in total. The molecule has 4 rings (SSSR count). The number of Topliss-reactive ketones (excluding diaryl/α,β-unsaturated/α-hetero) is 1. The lowest BCUT2D eigenvalue weighted by atomic mass is 9.87. The SMILES string of the molecule is CN(C)c1ccc(C2NC(=O)NC(c3ccccc3)=C2C(=O)c2ccccc2)cc1. The second-order valence-electron chi connectivity index (χ2n) is 7.37. The monoisotopic (exact) mass is 397 g/mol. The van der Waals surface area contributed by atoms with Crippen LogP contribution in [0.15, 0.2) is 90.5 Å². The van der Waals surface area contributed by atoms with Gasteiger partial charge in [0.2, 0.25) is 0 Å². The zero-order valence-electron chi connectivity index (χ0n) is 16.9. The molecule has 1 heterocycles. The van der Waals surface area contributed by atoms with Gasteiger partial charge in [0.05, 0.1) is 17.3 Å². The van der Waals surface area contributed by atoms with Crippen LogP contribution in [0.5, 0.6) is 0 Å². The van der Waals surface area contributed by atoms with Crippen molar-refractivity contribution < 1.29 is 9.59 Å². The Hall–Kier alpha value is -3.86. The quantitative estimate of drug-likeness (QED) is 0.628. The summed E-state index contributed by atoms with van der Waals surface area (Å²) >= 11 is 0. The minimum atomic E-state index is -0.558. The number of hydrogen-bond donors (Lipinski definition) is 2. The lowest BCUT2D eigenvalue weighted by Crippen LogP contribution is -2.45. The molecule has 1 atom stereocenters. The average molecular weight is 397 g/mol. The van der Waals surface area contributed by atoms with Crippen molar-refractivity contribution in [3.05, 3.63) is 107 Å². The van der Waals surface area contributed by atoms with Crippen LogP contribution in [0, 0.1) is 0 Å². The van der Waals surface area contributed by atoms with E-state index in [9.17, 15) is 9.59 Å². The van der Waals surface area contributed by atoms with Gasteiger partial charge in [-0.05, 0) is 23.3 Å². The summed E-state index contributed by atoms with van der Waals surface area (Å²) in [6.07, 6.45) is 0. The number of nitrogens with one attached hydrogen (secondary N) is 2. The molecule has 1 unspecified atom stereocenters. The van der Waals surface area contributed by atoms with E-state index in [1.54, 1.807) is 12.1 Å². The van der Waals surface area contributed by atoms with Gasteiger partial charge in [0, 0.05) is 25.3 Å². The average Bonchev–Trinajstić information content (AvgIpc) is 2.79. The summed E-state index contributed by atoms with van der Waals surface area (Å²) < 4.78 is 0. The van der Waals surface area contributed by atoms with E-state index in [1.807, 2.05) is 91.8 Å². The summed E-state index contributed by atoms with van der Waals surface area (Å²) in [5.41, 5.74) is 4.32. The van der Waals surface area contributed by atoms with Gasteiger partial charge in [0.1, 0.15) is 0 Å². The number of anilines is 1. The fraction of sp³-hybridized carbons (Fsp3) is 0.120. The maximum atomic E-state index is 13.6. The molecular weight excluding hydrogens is 374 g/mol. The zero-order valence-corrected chi connectivity index (χ0v) is 16.9. The van der Waals surface area contributed by atoms with E-state index in [-0.39, 0.29) is 11.8 Å². The highest BCUT2D eigenvalue weighted by molar-refractivity contribution is 6.16. The summed E-state index contributed by atoms with van der Waals surface area (Å²) in [6, 6.07) is 25.6. The van der Waals surface area contributed by atoms with Crippen LogP contribution >= 0.6 is 0 Å². The Morgan fingerprint density at radius 1 is 0.833 bits per heavy atom. The highest BCUT2D eigenvalue weighted by Gasteiger charge is 2.33. The fourth-order valence-corrected chi connectivity index (χ4v) is 3.60. The molecule has 0 radical (unpaired) electrons. The third kappa shape index (κ3) is 3.82. The third-order valence-corrected chi connectivity index (χ3v) is 5.16. The molecule has 0 fully saturated rings. The van der Waals surface area contributed by atoms with Crippen LogP contribution in [-0.2, 0) is 0 Å². The van der Waals surface area contributed by atoms with Gasteiger partial charge < -0.3 is 15.5 Å². The van der Waals surface area contributed by atoms with Crippen molar-refractivity contribution in [2.24, 2.45) is 0 Å². The van der Waals surface area contributed by atoms with Crippen LogP contribution in [0.3, 0.4) is 0 Å². The smallest absolute Gasteiger partial charge is 0.320 e. The Balaban J connectivity index is 1.88. The van der Waals surface area contributed by atoms with Gasteiger partial charge in [0.15, 0.2) is 5.78 Å². The molecule has 0 aliphatic carbocycles. The van der Waals surface area contributed by atoms with Gasteiger partial charge in [-0.3, -0.25) is 4.79 Å². The third-order valence-electron chi connectivity index (χ3n) is 5.16. The molecule has 1 aliphatic rings. The molecular formula is C25H23N3O2. The first-order chi connectivity index (χ1) is 14.5. The van der Waals surface area contributed by atoms with E-state index in [4.69, 9.17) is 0 Å². The largest absolute Gasteiger partial charge is 0.378 e. The number of nitrogens with zero attached hydrogens (tertiary/aromatic N) is 1. The molecule has 3 aromatic carbocycles. The van der Waals surface area contributed by atoms with Crippen molar-refractivity contribution in [3.63, 3.8) is 0 Å². The number of rotatable bonds is 5. The summed E-state index contributed by atoms with van der Waals surface area (Å²) in [4.78, 5) is 28.1. The number of ketones is 1. The zero-order chi connectivity index (χ0) is 21.1. The van der Waals surface area contributed by atoms with Gasteiger partial charge >= 0.3 is 6.03 Å². The predicted octanol–water partition coefficient (Wildman–Crippen LogP) is 4.40. The number of amides is 2. The summed E-state index contributed by atoms with van der Waals surface area (Å²) in [5.74, 6) is -0.122. The molecule has 0 bridgehead atoms. The fourth-order valence-electron chi connectivity index (χ4n) is 3.60. The number of carbonyl (C=O) groups excluding carboxylic acids is 2. The number of hydrogen-bond acceptors (Lipinski definition) is 3. The highest BCUT2D eigenvalue weighted by atomic mass is 16.2. The van der Waals surface area contributed by atoms with Gasteiger partial charge in [0.25, 0.3) is 0 Å². The molecule has 0 aromatic heterocycles. The van der Waals surface area contributed by atoms with Crippen molar-refractivity contribution in [1.29, 1.82) is 0 Å². The van der Waals surface area contributed by atoms with E-state index in [0.717, 1.165) is 16.8 Å². The van der Waals surface area contributed by atoms with Crippen molar-refractivity contribution in [2.75, 3.05) is 19.0 Å². The van der Waals surface area contributed by atoms with Gasteiger partial charge in [-0.25, -0.2) is 4.79 Å². The Labute approximate surface area is 176 Å². The first-order valence-corrected chi connectivity index (χ1v) is 9.79. The Bertz CT molecular complexity index is 1090. The van der Waals surface area contributed by atoms with Crippen molar-refractivity contribution >= 4 is 23.2 Å². The molecule has 150 valence electrons. The van der Waals surface area contributed by atoms with E-state index >= 15 is 0 Å². The Kier molecular flexibility index (Phi) is 5.35. The summed E-state index contributed by atoms with van der Waals surface area (Å²) in [7, 11) is 3.94. The number of benzene rings is 3. The first-order valence-electron chi connectivity index (χ1n) is 9.79. The van der Waals surface area contributed by atoms with Crippen molar-refractivity contribution in [3.8, 4) is 0 Å². The van der Waals surface area contributed by atoms with Crippen LogP contribution in [0.1, 0.15) is 27.5 Å². The van der Waals surface area contributed by atoms with E-state index in [0.29, 0.717) is 16.8 Å². The van der Waals surface area contributed by atoms with Crippen LogP contribution in [0.2, 0.25) is 0 Å². The molecule has 5 nitrogen and oxygen atoms in total. The molecule has 1 aliphatic heterocycles. The lowest BCUT2D eigenvalue weighted by Gasteiger charge is -2.30. The molecule has 0 spiro atoms. The number of urea groups is 1. The standard InChI is InChI=1S/C25H23N3O2/c1-28(2)20-15-13-18(14-16-20)23-21(24(29)19-11-7-4-8-12-19)22(26-25(30)27-23)17-9-5-3-6-10-17/h3-16,23H,1-2H3,(H2,26,27,30). The van der Waals surface area contributed by atoms with Crippen molar-refractivity contribution in [1.82, 2.24) is 10.6 Å². The van der Waals surface area contributed by atoms with Crippen LogP contribution in [0.25, 0.3) is 5.70 Å². The molecule has 0 saturated carbocycles. The topological polar surface area (TPSA) is 61.4 Å². The normalized spacial score (nSPS) is 15.9. The van der Waals surface area contributed by atoms with E-state index in [2.05, 4.69) is 10.6 Å². The lowest BCUT2D eigenvalue weighted by molar-refractivity contribution is 0.102. The first kappa shape index (κ1) is 19.5. The minimum absolute atomic E-state index is 0.122. The Morgan fingerprint density at radius 2 is 1.43 bits per heavy atom. The molecule has 3 aromatic rings. The molecule has 0 saturated heterocycles.